The van der Waals surface area contributed by atoms with Gasteiger partial charge in [0.1, 0.15) is 0 Å². The minimum Gasteiger partial charge on any atom is -0.311 e. The van der Waals surface area contributed by atoms with Crippen molar-refractivity contribution in [3.05, 3.63) is 48.0 Å². The molecular weight excluding hydrogens is 200 g/mol. The molecule has 0 amide bonds. The first-order chi connectivity index (χ1) is 7.84. The minimum atomic E-state index is 0.813. The summed E-state index contributed by atoms with van der Waals surface area (Å²) < 4.78 is 1.83. The Hall–Kier alpha value is -1.68. The molecule has 84 valence electrons. The van der Waals surface area contributed by atoms with Gasteiger partial charge in [-0.05, 0) is 18.2 Å². The molecule has 0 unspecified atom stereocenters. The van der Waals surface area contributed by atoms with Gasteiger partial charge in [-0.3, -0.25) is 9.67 Å². The van der Waals surface area contributed by atoms with Gasteiger partial charge in [0.15, 0.2) is 0 Å². The number of hydrogen-bond donors (Lipinski definition) is 1. The fourth-order valence-corrected chi connectivity index (χ4v) is 1.53. The van der Waals surface area contributed by atoms with E-state index in [1.165, 1.54) is 0 Å². The van der Waals surface area contributed by atoms with Crippen molar-refractivity contribution in [1.82, 2.24) is 20.1 Å². The molecule has 2 aromatic heterocycles. The lowest BCUT2D eigenvalue weighted by Crippen LogP contribution is -2.17. The third-order valence-corrected chi connectivity index (χ3v) is 2.36. The summed E-state index contributed by atoms with van der Waals surface area (Å²) in [6.45, 7) is 1.74. The number of rotatable bonds is 5. The summed E-state index contributed by atoms with van der Waals surface area (Å²) in [5, 5.41) is 7.66. The molecule has 16 heavy (non-hydrogen) atoms. The van der Waals surface area contributed by atoms with E-state index in [0.29, 0.717) is 0 Å². The molecular formula is C12H16N4. The van der Waals surface area contributed by atoms with Crippen LogP contribution < -0.4 is 5.32 Å². The van der Waals surface area contributed by atoms with Crippen LogP contribution >= 0.6 is 0 Å². The highest BCUT2D eigenvalue weighted by Gasteiger charge is 1.96. The first-order valence-corrected chi connectivity index (χ1v) is 5.44. The SMILES string of the molecule is Cn1ccc(CCNCc2ccccn2)n1. The second-order valence-corrected chi connectivity index (χ2v) is 3.73. The summed E-state index contributed by atoms with van der Waals surface area (Å²) in [5.74, 6) is 0. The molecule has 0 aliphatic heterocycles. The maximum atomic E-state index is 4.32. The van der Waals surface area contributed by atoms with Crippen LogP contribution in [-0.2, 0) is 20.0 Å². The Kier molecular flexibility index (Phi) is 3.66. The summed E-state index contributed by atoms with van der Waals surface area (Å²) in [7, 11) is 1.94. The average Bonchev–Trinajstić information content (AvgIpc) is 2.72. The van der Waals surface area contributed by atoms with Crippen LogP contribution in [0.25, 0.3) is 0 Å². The van der Waals surface area contributed by atoms with E-state index in [0.717, 1.165) is 30.9 Å². The van der Waals surface area contributed by atoms with E-state index < -0.39 is 0 Å². The van der Waals surface area contributed by atoms with E-state index in [-0.39, 0.29) is 0 Å². The van der Waals surface area contributed by atoms with Crippen LogP contribution in [0, 0.1) is 0 Å². The van der Waals surface area contributed by atoms with Gasteiger partial charge >= 0.3 is 0 Å². The van der Waals surface area contributed by atoms with Crippen molar-refractivity contribution in [3.63, 3.8) is 0 Å². The van der Waals surface area contributed by atoms with Gasteiger partial charge in [-0.1, -0.05) is 6.07 Å². The number of nitrogens with one attached hydrogen (secondary N) is 1. The standard InChI is InChI=1S/C12H16N4/c1-16-9-6-11(15-16)5-8-13-10-12-4-2-3-7-14-12/h2-4,6-7,9,13H,5,8,10H2,1H3. The van der Waals surface area contributed by atoms with Crippen molar-refractivity contribution in [1.29, 1.82) is 0 Å². The lowest BCUT2D eigenvalue weighted by atomic mass is 10.3. The van der Waals surface area contributed by atoms with Crippen molar-refractivity contribution in [2.45, 2.75) is 13.0 Å². The normalized spacial score (nSPS) is 10.6. The molecule has 4 heteroatoms. The molecule has 0 radical (unpaired) electrons. The predicted octanol–water partition coefficient (Wildman–Crippen LogP) is 1.15. The number of aryl methyl sites for hydroxylation is 1. The van der Waals surface area contributed by atoms with Gasteiger partial charge < -0.3 is 5.32 Å². The van der Waals surface area contributed by atoms with E-state index in [1.807, 2.05) is 48.4 Å². The van der Waals surface area contributed by atoms with Crippen LogP contribution in [0.5, 0.6) is 0 Å². The average molecular weight is 216 g/mol. The minimum absolute atomic E-state index is 0.813. The van der Waals surface area contributed by atoms with Gasteiger partial charge in [0.05, 0.1) is 11.4 Å². The summed E-state index contributed by atoms with van der Waals surface area (Å²) >= 11 is 0. The van der Waals surface area contributed by atoms with Crippen molar-refractivity contribution in [2.24, 2.45) is 7.05 Å². The third-order valence-electron chi connectivity index (χ3n) is 2.36. The van der Waals surface area contributed by atoms with Crippen LogP contribution in [-0.4, -0.2) is 21.3 Å². The van der Waals surface area contributed by atoms with Crippen LogP contribution in [0.2, 0.25) is 0 Å². The maximum Gasteiger partial charge on any atom is 0.0637 e. The Labute approximate surface area is 95.3 Å². The Bertz CT molecular complexity index is 422. The van der Waals surface area contributed by atoms with Gasteiger partial charge in [-0.25, -0.2) is 0 Å². The number of pyridine rings is 1. The van der Waals surface area contributed by atoms with E-state index in [2.05, 4.69) is 15.4 Å². The second-order valence-electron chi connectivity index (χ2n) is 3.73. The summed E-state index contributed by atoms with van der Waals surface area (Å²) in [5.41, 5.74) is 2.19. The summed E-state index contributed by atoms with van der Waals surface area (Å²) in [6, 6.07) is 8.00. The van der Waals surface area contributed by atoms with E-state index in [9.17, 15) is 0 Å². The number of nitrogens with zero attached hydrogens (tertiary/aromatic N) is 3. The van der Waals surface area contributed by atoms with Gasteiger partial charge in [0, 0.05) is 39.0 Å². The topological polar surface area (TPSA) is 42.7 Å². The quantitative estimate of drug-likeness (QED) is 0.762. The molecule has 2 aromatic rings. The molecule has 0 aromatic carbocycles. The zero-order valence-electron chi connectivity index (χ0n) is 9.43. The fraction of sp³-hybridized carbons (Fsp3) is 0.333. The lowest BCUT2D eigenvalue weighted by Gasteiger charge is -2.02. The van der Waals surface area contributed by atoms with Gasteiger partial charge in [-0.15, -0.1) is 0 Å². The van der Waals surface area contributed by atoms with Gasteiger partial charge in [-0.2, -0.15) is 5.10 Å². The maximum absolute atomic E-state index is 4.32. The first kappa shape index (κ1) is 10.8. The zero-order chi connectivity index (χ0) is 11.2. The Morgan fingerprint density at radius 1 is 1.25 bits per heavy atom. The van der Waals surface area contributed by atoms with Gasteiger partial charge in [0.2, 0.25) is 0 Å². The number of hydrogen-bond acceptors (Lipinski definition) is 3. The molecule has 0 fully saturated rings. The molecule has 2 rings (SSSR count). The highest BCUT2D eigenvalue weighted by atomic mass is 15.2. The Morgan fingerprint density at radius 2 is 2.19 bits per heavy atom. The molecule has 1 N–H and O–H groups in total. The number of aromatic nitrogens is 3. The van der Waals surface area contributed by atoms with Crippen molar-refractivity contribution in [3.8, 4) is 0 Å². The van der Waals surface area contributed by atoms with E-state index in [4.69, 9.17) is 0 Å². The Morgan fingerprint density at radius 3 is 2.88 bits per heavy atom. The highest BCUT2D eigenvalue weighted by Crippen LogP contribution is 1.95. The van der Waals surface area contributed by atoms with Crippen molar-refractivity contribution < 1.29 is 0 Å². The molecule has 0 aliphatic rings. The monoisotopic (exact) mass is 216 g/mol. The second kappa shape index (κ2) is 5.42. The molecule has 0 saturated heterocycles. The zero-order valence-corrected chi connectivity index (χ0v) is 9.43. The summed E-state index contributed by atoms with van der Waals surface area (Å²) in [4.78, 5) is 4.25. The van der Waals surface area contributed by atoms with Crippen LogP contribution in [0.15, 0.2) is 36.7 Å². The fourth-order valence-electron chi connectivity index (χ4n) is 1.53. The first-order valence-electron chi connectivity index (χ1n) is 5.44. The molecule has 2 heterocycles. The lowest BCUT2D eigenvalue weighted by molar-refractivity contribution is 0.657. The van der Waals surface area contributed by atoms with Crippen molar-refractivity contribution >= 4 is 0 Å². The molecule has 0 saturated carbocycles. The molecule has 0 bridgehead atoms. The smallest absolute Gasteiger partial charge is 0.0637 e. The van der Waals surface area contributed by atoms with Crippen LogP contribution in [0.3, 0.4) is 0 Å². The largest absolute Gasteiger partial charge is 0.311 e. The Balaban J connectivity index is 1.69. The summed E-state index contributed by atoms with van der Waals surface area (Å²) in [6.07, 6.45) is 4.73. The van der Waals surface area contributed by atoms with Crippen LogP contribution in [0.4, 0.5) is 0 Å². The molecule has 0 atom stereocenters. The van der Waals surface area contributed by atoms with E-state index >= 15 is 0 Å². The van der Waals surface area contributed by atoms with Crippen molar-refractivity contribution in [2.75, 3.05) is 6.54 Å². The van der Waals surface area contributed by atoms with Gasteiger partial charge in [0.25, 0.3) is 0 Å². The molecule has 4 nitrogen and oxygen atoms in total. The molecule has 0 aliphatic carbocycles. The molecule has 0 spiro atoms. The third kappa shape index (κ3) is 3.17. The highest BCUT2D eigenvalue weighted by molar-refractivity contribution is 5.03. The van der Waals surface area contributed by atoms with Crippen LogP contribution in [0.1, 0.15) is 11.4 Å². The predicted molar refractivity (Wildman–Crippen MR) is 62.9 cm³/mol. The van der Waals surface area contributed by atoms with E-state index in [1.54, 1.807) is 0 Å².